The van der Waals surface area contributed by atoms with Crippen molar-refractivity contribution in [1.29, 1.82) is 0 Å². The van der Waals surface area contributed by atoms with E-state index in [0.717, 1.165) is 0 Å². The molecular weight excluding hydrogens is 636 g/mol. The van der Waals surface area contributed by atoms with Crippen LogP contribution in [-0.2, 0) is 42.6 Å². The van der Waals surface area contributed by atoms with E-state index >= 15 is 0 Å². The van der Waals surface area contributed by atoms with Gasteiger partial charge in [-0.1, -0.05) is 0 Å². The van der Waals surface area contributed by atoms with Gasteiger partial charge in [-0.3, -0.25) is 0 Å². The molecule has 0 aromatic rings. The van der Waals surface area contributed by atoms with E-state index in [1.807, 2.05) is 0 Å². The molecule has 0 aliphatic carbocycles. The van der Waals surface area contributed by atoms with Gasteiger partial charge in [-0.15, -0.1) is 0 Å². The number of rotatable bonds is 10. The van der Waals surface area contributed by atoms with E-state index in [9.17, 15) is 61.3 Å². The Balaban J connectivity index is 1.33. The van der Waals surface area contributed by atoms with E-state index in [1.165, 1.54) is 0 Å². The first-order chi connectivity index (χ1) is 21.9. The molecule has 5 aliphatic heterocycles. The third-order valence-electron chi connectivity index (χ3n) is 8.49. The predicted octanol–water partition coefficient (Wildman–Crippen LogP) is -8.73. The zero-order valence-electron chi connectivity index (χ0n) is 24.1. The standard InChI is InChI=1S/C25H42O21/c26-1-7-12(30)16(34)23(41-7)45-19-10(5-40-22(18(19)36)43-9-4-38-21(37)15(33)14(9)32)44-25-20(11(29)6(28)3-39-25)46-24-17(35)13(31)8(2-27)42-24/h6-37H,1-5H2/t6-,7+,8+,9-,10-,11+,12+,13+,14+,15-,16-,17-,18-,19+,20-,21?,22+,23+,24+,25+/m1/s1. The highest BCUT2D eigenvalue weighted by Crippen LogP contribution is 2.33. The van der Waals surface area contributed by atoms with Gasteiger partial charge < -0.3 is 104 Å². The molecule has 12 N–H and O–H groups in total. The summed E-state index contributed by atoms with van der Waals surface area (Å²) < 4.78 is 49.8. The van der Waals surface area contributed by atoms with Gasteiger partial charge in [0.05, 0.1) is 33.0 Å². The van der Waals surface area contributed by atoms with Crippen LogP contribution in [0.4, 0.5) is 0 Å². The molecule has 0 bridgehead atoms. The molecule has 5 saturated heterocycles. The maximum atomic E-state index is 11.3. The molecule has 46 heavy (non-hydrogen) atoms. The maximum absolute atomic E-state index is 11.3. The summed E-state index contributed by atoms with van der Waals surface area (Å²) in [5.41, 5.74) is 0. The molecule has 5 heterocycles. The molecule has 20 atom stereocenters. The minimum Gasteiger partial charge on any atom is -0.394 e. The molecule has 5 rings (SSSR count). The van der Waals surface area contributed by atoms with Crippen LogP contribution in [0.1, 0.15) is 0 Å². The summed E-state index contributed by atoms with van der Waals surface area (Å²) in [6.45, 7) is -2.74. The van der Waals surface area contributed by atoms with Crippen molar-refractivity contribution in [3.05, 3.63) is 0 Å². The molecule has 0 radical (unpaired) electrons. The lowest BCUT2D eigenvalue weighted by Crippen LogP contribution is -2.63. The fourth-order valence-corrected chi connectivity index (χ4v) is 5.70. The molecule has 5 fully saturated rings. The van der Waals surface area contributed by atoms with Gasteiger partial charge in [-0.25, -0.2) is 0 Å². The van der Waals surface area contributed by atoms with Gasteiger partial charge in [0.1, 0.15) is 91.6 Å². The van der Waals surface area contributed by atoms with Crippen LogP contribution in [0.2, 0.25) is 0 Å². The SMILES string of the molecule is OC[C@@H]1O[C@@H](O[C@@H]2[C@@H](O)[C@H](O[C@@H]3COC(O)[C@H](O)[C@H]3O)OC[C@H]2O[C@@H]2OC[C@@H](O)[C@H](O)[C@H]2O[C@@H]2O[C@@H](CO)[C@H](O)[C@H]2O)[C@H](O)[C@H]1O. The zero-order chi connectivity index (χ0) is 33.4. The Bertz CT molecular complexity index is 965. The van der Waals surface area contributed by atoms with E-state index < -0.39 is 156 Å². The lowest BCUT2D eigenvalue weighted by molar-refractivity contribution is -0.370. The predicted molar refractivity (Wildman–Crippen MR) is 136 cm³/mol. The van der Waals surface area contributed by atoms with Crippen LogP contribution < -0.4 is 0 Å². The van der Waals surface area contributed by atoms with E-state index in [2.05, 4.69) is 0 Å². The van der Waals surface area contributed by atoms with Crippen LogP contribution in [0, 0.1) is 0 Å². The van der Waals surface area contributed by atoms with Gasteiger partial charge in [0, 0.05) is 0 Å². The van der Waals surface area contributed by atoms with Crippen LogP contribution >= 0.6 is 0 Å². The molecular formula is C25H42O21. The minimum atomic E-state index is -1.84. The second-order valence-corrected chi connectivity index (χ2v) is 11.6. The Morgan fingerprint density at radius 3 is 1.52 bits per heavy atom. The molecule has 0 aromatic carbocycles. The average Bonchev–Trinajstić information content (AvgIpc) is 3.47. The molecule has 0 spiro atoms. The highest BCUT2D eigenvalue weighted by Gasteiger charge is 2.53. The Labute approximate surface area is 260 Å². The third kappa shape index (κ3) is 7.35. The summed E-state index contributed by atoms with van der Waals surface area (Å²) in [7, 11) is 0. The number of aliphatic hydroxyl groups is 12. The van der Waals surface area contributed by atoms with Gasteiger partial charge in [0.25, 0.3) is 0 Å². The summed E-state index contributed by atoms with van der Waals surface area (Å²) in [5, 5.41) is 122. The molecule has 0 saturated carbocycles. The van der Waals surface area contributed by atoms with Gasteiger partial charge in [-0.2, -0.15) is 0 Å². The van der Waals surface area contributed by atoms with E-state index in [0.29, 0.717) is 0 Å². The second kappa shape index (κ2) is 15.4. The topological polar surface area (TPSA) is 326 Å². The van der Waals surface area contributed by atoms with Crippen LogP contribution in [0.3, 0.4) is 0 Å². The number of aliphatic hydroxyl groups excluding tert-OH is 12. The molecule has 0 aromatic heterocycles. The van der Waals surface area contributed by atoms with Gasteiger partial charge in [0.15, 0.2) is 31.5 Å². The first-order valence-electron chi connectivity index (χ1n) is 14.7. The molecule has 268 valence electrons. The van der Waals surface area contributed by atoms with E-state index in [4.69, 9.17) is 42.6 Å². The molecule has 5 aliphatic rings. The van der Waals surface area contributed by atoms with E-state index in [-0.39, 0.29) is 0 Å². The number of hydrogen-bond acceptors (Lipinski definition) is 21. The van der Waals surface area contributed by atoms with Crippen molar-refractivity contribution in [2.75, 3.05) is 33.0 Å². The summed E-state index contributed by atoms with van der Waals surface area (Å²) >= 11 is 0. The number of hydrogen-bond donors (Lipinski definition) is 12. The summed E-state index contributed by atoms with van der Waals surface area (Å²) in [6.07, 6.45) is -31.5. The van der Waals surface area contributed by atoms with Crippen molar-refractivity contribution in [3.63, 3.8) is 0 Å². The monoisotopic (exact) mass is 678 g/mol. The van der Waals surface area contributed by atoms with Crippen molar-refractivity contribution in [2.45, 2.75) is 123 Å². The van der Waals surface area contributed by atoms with Crippen molar-refractivity contribution in [2.24, 2.45) is 0 Å². The minimum absolute atomic E-state index is 0.414. The zero-order valence-corrected chi connectivity index (χ0v) is 24.1. The van der Waals surface area contributed by atoms with Crippen LogP contribution in [-0.4, -0.2) is 217 Å². The molecule has 0 amide bonds. The Kier molecular flexibility index (Phi) is 12.2. The van der Waals surface area contributed by atoms with Crippen molar-refractivity contribution in [1.82, 2.24) is 0 Å². The highest BCUT2D eigenvalue weighted by atomic mass is 16.8. The second-order valence-electron chi connectivity index (χ2n) is 11.6. The normalized spacial score (nSPS) is 53.5. The van der Waals surface area contributed by atoms with Crippen LogP contribution in [0.5, 0.6) is 0 Å². The molecule has 1 unspecified atom stereocenters. The molecule has 21 heteroatoms. The smallest absolute Gasteiger partial charge is 0.187 e. The average molecular weight is 679 g/mol. The quantitative estimate of drug-likeness (QED) is 0.102. The first kappa shape index (κ1) is 36.4. The Hall–Kier alpha value is -0.840. The Morgan fingerprint density at radius 1 is 0.435 bits per heavy atom. The van der Waals surface area contributed by atoms with E-state index in [1.54, 1.807) is 0 Å². The highest BCUT2D eigenvalue weighted by molar-refractivity contribution is 4.95. The fourth-order valence-electron chi connectivity index (χ4n) is 5.70. The van der Waals surface area contributed by atoms with Gasteiger partial charge in [0.2, 0.25) is 0 Å². The van der Waals surface area contributed by atoms with Crippen LogP contribution in [0.15, 0.2) is 0 Å². The maximum Gasteiger partial charge on any atom is 0.187 e. The van der Waals surface area contributed by atoms with Crippen molar-refractivity contribution >= 4 is 0 Å². The van der Waals surface area contributed by atoms with Crippen molar-refractivity contribution in [3.8, 4) is 0 Å². The largest absolute Gasteiger partial charge is 0.394 e. The first-order valence-corrected chi connectivity index (χ1v) is 14.7. The number of ether oxygens (including phenoxy) is 9. The fraction of sp³-hybridized carbons (Fsp3) is 1.00. The Morgan fingerprint density at radius 2 is 0.957 bits per heavy atom. The summed E-state index contributed by atoms with van der Waals surface area (Å²) in [5.74, 6) is 0. The lowest BCUT2D eigenvalue weighted by atomic mass is 10.0. The lowest BCUT2D eigenvalue weighted by Gasteiger charge is -2.45. The van der Waals surface area contributed by atoms with Crippen molar-refractivity contribution < 1.29 is 104 Å². The van der Waals surface area contributed by atoms with Gasteiger partial charge >= 0.3 is 0 Å². The van der Waals surface area contributed by atoms with Gasteiger partial charge in [-0.05, 0) is 0 Å². The third-order valence-corrected chi connectivity index (χ3v) is 8.49. The summed E-state index contributed by atoms with van der Waals surface area (Å²) in [6, 6.07) is 0. The molecule has 21 nitrogen and oxygen atoms in total. The van der Waals surface area contributed by atoms with Crippen LogP contribution in [0.25, 0.3) is 0 Å². The summed E-state index contributed by atoms with van der Waals surface area (Å²) in [4.78, 5) is 0.